The highest BCUT2D eigenvalue weighted by Gasteiger charge is 2.11. The molecular weight excluding hydrogens is 182 g/mol. The molecule has 4 nitrogen and oxygen atoms in total. The molecule has 0 fully saturated rings. The number of hydrogen-bond acceptors (Lipinski definition) is 4. The zero-order valence-corrected chi connectivity index (χ0v) is 8.63. The van der Waals surface area contributed by atoms with Crippen LogP contribution in [-0.4, -0.2) is 19.4 Å². The molecule has 0 saturated carbocycles. The predicted molar refractivity (Wildman–Crippen MR) is 52.9 cm³/mol. The molecule has 0 aliphatic carbocycles. The number of rotatable bonds is 4. The van der Waals surface area contributed by atoms with E-state index in [2.05, 4.69) is 5.48 Å². The summed E-state index contributed by atoms with van der Waals surface area (Å²) in [7, 11) is 3.18. The Morgan fingerprint density at radius 3 is 2.36 bits per heavy atom. The van der Waals surface area contributed by atoms with Gasteiger partial charge >= 0.3 is 0 Å². The first-order valence-corrected chi connectivity index (χ1v) is 4.32. The van der Waals surface area contributed by atoms with Gasteiger partial charge < -0.3 is 14.7 Å². The van der Waals surface area contributed by atoms with E-state index in [1.807, 2.05) is 19.1 Å². The van der Waals surface area contributed by atoms with Crippen LogP contribution in [0, 0.1) is 6.92 Å². The maximum absolute atomic E-state index is 8.63. The van der Waals surface area contributed by atoms with Crippen LogP contribution < -0.4 is 15.0 Å². The van der Waals surface area contributed by atoms with Crippen LogP contribution >= 0.6 is 0 Å². The summed E-state index contributed by atoms with van der Waals surface area (Å²) in [5.41, 5.74) is 3.96. The molecule has 0 aromatic heterocycles. The van der Waals surface area contributed by atoms with Crippen molar-refractivity contribution >= 4 is 0 Å². The summed E-state index contributed by atoms with van der Waals surface area (Å²) >= 11 is 0. The van der Waals surface area contributed by atoms with Crippen molar-refractivity contribution in [3.05, 3.63) is 23.3 Å². The van der Waals surface area contributed by atoms with Gasteiger partial charge in [0.2, 0.25) is 0 Å². The number of ether oxygens (including phenoxy) is 2. The van der Waals surface area contributed by atoms with Crippen LogP contribution in [0.1, 0.15) is 11.1 Å². The van der Waals surface area contributed by atoms with Gasteiger partial charge in [0, 0.05) is 12.1 Å². The molecule has 0 radical (unpaired) electrons. The number of aryl methyl sites for hydroxylation is 1. The first-order valence-electron chi connectivity index (χ1n) is 4.32. The molecule has 0 saturated heterocycles. The van der Waals surface area contributed by atoms with Crippen molar-refractivity contribution in [1.82, 2.24) is 5.48 Å². The van der Waals surface area contributed by atoms with Crippen LogP contribution in [0.5, 0.6) is 11.5 Å². The Morgan fingerprint density at radius 1 is 1.21 bits per heavy atom. The van der Waals surface area contributed by atoms with E-state index in [4.69, 9.17) is 14.7 Å². The van der Waals surface area contributed by atoms with Crippen LogP contribution in [0.25, 0.3) is 0 Å². The van der Waals surface area contributed by atoms with Crippen LogP contribution in [-0.2, 0) is 6.54 Å². The van der Waals surface area contributed by atoms with E-state index in [1.54, 1.807) is 14.2 Å². The summed E-state index contributed by atoms with van der Waals surface area (Å²) < 4.78 is 10.4. The summed E-state index contributed by atoms with van der Waals surface area (Å²) in [6.07, 6.45) is 0. The number of nitrogens with one attached hydrogen (secondary N) is 1. The van der Waals surface area contributed by atoms with Gasteiger partial charge in [-0.1, -0.05) is 12.1 Å². The molecule has 78 valence electrons. The zero-order chi connectivity index (χ0) is 10.6. The van der Waals surface area contributed by atoms with Gasteiger partial charge in [-0.15, -0.1) is 0 Å². The highest BCUT2D eigenvalue weighted by Crippen LogP contribution is 2.33. The standard InChI is InChI=1S/C10H15NO3/c1-7-4-5-8(6-11-12)10(14-3)9(7)13-2/h4-5,11-12H,6H2,1-3H3. The van der Waals surface area contributed by atoms with Crippen molar-refractivity contribution in [3.63, 3.8) is 0 Å². The van der Waals surface area contributed by atoms with Gasteiger partial charge in [-0.2, -0.15) is 0 Å². The lowest BCUT2D eigenvalue weighted by atomic mass is 10.1. The van der Waals surface area contributed by atoms with Crippen molar-refractivity contribution in [1.29, 1.82) is 0 Å². The summed E-state index contributed by atoms with van der Waals surface area (Å²) in [5, 5.41) is 8.63. The third-order valence-electron chi connectivity index (χ3n) is 2.07. The fourth-order valence-electron chi connectivity index (χ4n) is 1.40. The Morgan fingerprint density at radius 2 is 1.86 bits per heavy atom. The van der Waals surface area contributed by atoms with Gasteiger partial charge in [0.1, 0.15) is 0 Å². The van der Waals surface area contributed by atoms with Gasteiger partial charge in [-0.3, -0.25) is 0 Å². The Labute approximate surface area is 83.4 Å². The van der Waals surface area contributed by atoms with Crippen molar-refractivity contribution in [2.75, 3.05) is 14.2 Å². The second-order valence-electron chi connectivity index (χ2n) is 2.94. The number of benzene rings is 1. The zero-order valence-electron chi connectivity index (χ0n) is 8.63. The molecule has 0 bridgehead atoms. The molecule has 2 N–H and O–H groups in total. The molecule has 0 unspecified atom stereocenters. The quantitative estimate of drug-likeness (QED) is 0.718. The van der Waals surface area contributed by atoms with E-state index in [0.717, 1.165) is 11.1 Å². The monoisotopic (exact) mass is 197 g/mol. The summed E-state index contributed by atoms with van der Waals surface area (Å²) in [6.45, 7) is 2.28. The van der Waals surface area contributed by atoms with Gasteiger partial charge in [0.15, 0.2) is 11.5 Å². The molecule has 0 spiro atoms. The molecule has 0 heterocycles. The lowest BCUT2D eigenvalue weighted by Gasteiger charge is -2.14. The molecule has 1 aromatic rings. The second-order valence-corrected chi connectivity index (χ2v) is 2.94. The van der Waals surface area contributed by atoms with Gasteiger partial charge in [-0.05, 0) is 12.5 Å². The van der Waals surface area contributed by atoms with Gasteiger partial charge in [0.05, 0.1) is 14.2 Å². The lowest BCUT2D eigenvalue weighted by molar-refractivity contribution is 0.160. The highest BCUT2D eigenvalue weighted by molar-refractivity contribution is 5.51. The van der Waals surface area contributed by atoms with E-state index < -0.39 is 0 Å². The summed E-state index contributed by atoms with van der Waals surface area (Å²) in [6, 6.07) is 3.81. The van der Waals surface area contributed by atoms with E-state index in [0.29, 0.717) is 18.0 Å². The third kappa shape index (κ3) is 1.97. The van der Waals surface area contributed by atoms with E-state index in [1.165, 1.54) is 0 Å². The topological polar surface area (TPSA) is 50.7 Å². The molecule has 0 aliphatic rings. The fourth-order valence-corrected chi connectivity index (χ4v) is 1.40. The smallest absolute Gasteiger partial charge is 0.165 e. The third-order valence-corrected chi connectivity index (χ3v) is 2.07. The van der Waals surface area contributed by atoms with Crippen molar-refractivity contribution < 1.29 is 14.7 Å². The molecule has 1 aromatic carbocycles. The number of hydrogen-bond donors (Lipinski definition) is 2. The SMILES string of the molecule is COc1c(C)ccc(CNO)c1OC. The lowest BCUT2D eigenvalue weighted by Crippen LogP contribution is -2.08. The van der Waals surface area contributed by atoms with Crippen LogP contribution in [0.4, 0.5) is 0 Å². The molecule has 1 rings (SSSR count). The average molecular weight is 197 g/mol. The first-order chi connectivity index (χ1) is 6.74. The molecule has 14 heavy (non-hydrogen) atoms. The Bertz CT molecular complexity index is 312. The molecular formula is C10H15NO3. The minimum Gasteiger partial charge on any atom is -0.493 e. The fraction of sp³-hybridized carbons (Fsp3) is 0.400. The van der Waals surface area contributed by atoms with E-state index in [-0.39, 0.29) is 0 Å². The van der Waals surface area contributed by atoms with E-state index in [9.17, 15) is 0 Å². The van der Waals surface area contributed by atoms with Crippen molar-refractivity contribution in [2.45, 2.75) is 13.5 Å². The maximum Gasteiger partial charge on any atom is 0.165 e. The molecule has 4 heteroatoms. The maximum atomic E-state index is 8.63. The predicted octanol–water partition coefficient (Wildman–Crippen LogP) is 1.49. The van der Waals surface area contributed by atoms with Crippen molar-refractivity contribution in [2.24, 2.45) is 0 Å². The van der Waals surface area contributed by atoms with Crippen LogP contribution in [0.2, 0.25) is 0 Å². The Kier molecular flexibility index (Phi) is 3.73. The average Bonchev–Trinajstić information content (AvgIpc) is 2.20. The normalized spacial score (nSPS) is 10.0. The Balaban J connectivity index is 3.18. The first kappa shape index (κ1) is 10.8. The molecule has 0 aliphatic heterocycles. The second kappa shape index (κ2) is 4.83. The Hall–Kier alpha value is -1.26. The van der Waals surface area contributed by atoms with E-state index >= 15 is 0 Å². The summed E-state index contributed by atoms with van der Waals surface area (Å²) in [5.74, 6) is 1.37. The highest BCUT2D eigenvalue weighted by atomic mass is 16.5. The minimum atomic E-state index is 0.333. The largest absolute Gasteiger partial charge is 0.493 e. The molecule has 0 atom stereocenters. The number of hydroxylamine groups is 1. The van der Waals surface area contributed by atoms with Gasteiger partial charge in [-0.25, -0.2) is 5.48 Å². The van der Waals surface area contributed by atoms with Crippen LogP contribution in [0.15, 0.2) is 12.1 Å². The number of methoxy groups -OCH3 is 2. The van der Waals surface area contributed by atoms with Crippen molar-refractivity contribution in [3.8, 4) is 11.5 Å². The summed E-state index contributed by atoms with van der Waals surface area (Å²) in [4.78, 5) is 0. The van der Waals surface area contributed by atoms with Crippen LogP contribution in [0.3, 0.4) is 0 Å². The van der Waals surface area contributed by atoms with Gasteiger partial charge in [0.25, 0.3) is 0 Å². The minimum absolute atomic E-state index is 0.333. The molecule has 0 amide bonds.